The van der Waals surface area contributed by atoms with Crippen molar-refractivity contribution in [1.82, 2.24) is 9.47 Å². The number of rotatable bonds is 4. The zero-order valence-corrected chi connectivity index (χ0v) is 21.5. The predicted molar refractivity (Wildman–Crippen MR) is 137 cm³/mol. The first kappa shape index (κ1) is 23.6. The molecule has 2 fully saturated rings. The van der Waals surface area contributed by atoms with Crippen LogP contribution in [-0.4, -0.2) is 45.5 Å². The van der Waals surface area contributed by atoms with E-state index in [0.717, 1.165) is 45.3 Å². The molecule has 11 heteroatoms. The summed E-state index contributed by atoms with van der Waals surface area (Å²) in [6.45, 7) is 1.31. The van der Waals surface area contributed by atoms with Crippen LogP contribution in [-0.2, 0) is 20.9 Å². The molecule has 3 atom stereocenters. The van der Waals surface area contributed by atoms with Gasteiger partial charge in [0.2, 0.25) is 17.7 Å². The second kappa shape index (κ2) is 9.28. The van der Waals surface area contributed by atoms with Crippen molar-refractivity contribution in [2.75, 3.05) is 18.0 Å². The number of nitrogens with zero attached hydrogens (tertiary/aromatic N) is 3. The SMILES string of the molecule is O=C(Cn1c2c(sc1=O)C(c1cccs1)C1C(=O)N(c3ccc(F)cc3)C(=O)C1S2)N1CCCCC1. The minimum Gasteiger partial charge on any atom is -0.341 e. The summed E-state index contributed by atoms with van der Waals surface area (Å²) >= 11 is 3.73. The first-order valence-electron chi connectivity index (χ1n) is 11.8. The van der Waals surface area contributed by atoms with Crippen LogP contribution < -0.4 is 9.77 Å². The number of aromatic nitrogens is 1. The van der Waals surface area contributed by atoms with E-state index in [2.05, 4.69) is 0 Å². The lowest BCUT2D eigenvalue weighted by molar-refractivity contribution is -0.133. The van der Waals surface area contributed by atoms with Crippen LogP contribution in [0.15, 0.2) is 51.6 Å². The molecule has 0 N–H and O–H groups in total. The number of hydrogen-bond acceptors (Lipinski definition) is 7. The number of fused-ring (bicyclic) bond motifs is 2. The normalized spacial score (nSPS) is 23.6. The zero-order valence-electron chi connectivity index (χ0n) is 19.1. The zero-order chi connectivity index (χ0) is 25.0. The number of thiophene rings is 1. The third-order valence-corrected chi connectivity index (χ3v) is 10.5. The summed E-state index contributed by atoms with van der Waals surface area (Å²) in [5.74, 6) is -2.45. The molecule has 6 rings (SSSR count). The molecule has 7 nitrogen and oxygen atoms in total. The Morgan fingerprint density at radius 1 is 1.00 bits per heavy atom. The Bertz CT molecular complexity index is 1390. The molecule has 0 saturated carbocycles. The van der Waals surface area contributed by atoms with Crippen LogP contribution in [0.2, 0.25) is 0 Å². The van der Waals surface area contributed by atoms with Crippen molar-refractivity contribution in [3.63, 3.8) is 0 Å². The number of carbonyl (C=O) groups is 3. The third-order valence-electron chi connectivity index (χ3n) is 6.99. The Kier molecular flexibility index (Phi) is 6.09. The highest BCUT2D eigenvalue weighted by molar-refractivity contribution is 8.00. The second-order valence-corrected chi connectivity index (χ2v) is 12.2. The monoisotopic (exact) mass is 543 g/mol. The average Bonchev–Trinajstić information content (AvgIpc) is 3.58. The van der Waals surface area contributed by atoms with E-state index in [0.29, 0.717) is 23.8 Å². The number of thiazole rings is 1. The summed E-state index contributed by atoms with van der Waals surface area (Å²) in [6, 6.07) is 9.10. The fourth-order valence-electron chi connectivity index (χ4n) is 5.25. The van der Waals surface area contributed by atoms with E-state index in [-0.39, 0.29) is 29.1 Å². The van der Waals surface area contributed by atoms with Gasteiger partial charge < -0.3 is 4.90 Å². The van der Waals surface area contributed by atoms with Gasteiger partial charge in [0.1, 0.15) is 17.6 Å². The molecule has 3 aromatic rings. The number of amides is 3. The van der Waals surface area contributed by atoms with E-state index in [1.165, 1.54) is 51.9 Å². The number of anilines is 1. The number of hydrogen-bond donors (Lipinski definition) is 0. The van der Waals surface area contributed by atoms with E-state index in [4.69, 9.17) is 0 Å². The van der Waals surface area contributed by atoms with Crippen molar-refractivity contribution in [3.05, 3.63) is 67.0 Å². The van der Waals surface area contributed by atoms with Gasteiger partial charge in [0.15, 0.2) is 0 Å². The Morgan fingerprint density at radius 2 is 1.75 bits per heavy atom. The molecular weight excluding hydrogens is 521 g/mol. The molecule has 2 saturated heterocycles. The van der Waals surface area contributed by atoms with Gasteiger partial charge >= 0.3 is 4.87 Å². The van der Waals surface area contributed by atoms with E-state index in [9.17, 15) is 23.6 Å². The van der Waals surface area contributed by atoms with E-state index in [1.54, 1.807) is 4.90 Å². The van der Waals surface area contributed by atoms with Gasteiger partial charge in [-0.3, -0.25) is 23.7 Å². The van der Waals surface area contributed by atoms with Gasteiger partial charge in [-0.2, -0.15) is 0 Å². The number of thioether (sulfide) groups is 1. The summed E-state index contributed by atoms with van der Waals surface area (Å²) in [5, 5.41) is 1.76. The summed E-state index contributed by atoms with van der Waals surface area (Å²) in [6.07, 6.45) is 3.01. The number of carbonyl (C=O) groups excluding carboxylic acids is 3. The van der Waals surface area contributed by atoms with Gasteiger partial charge in [-0.1, -0.05) is 29.2 Å². The molecule has 3 amide bonds. The Morgan fingerprint density at radius 3 is 2.44 bits per heavy atom. The van der Waals surface area contributed by atoms with Gasteiger partial charge in [-0.25, -0.2) is 9.29 Å². The smallest absolute Gasteiger partial charge is 0.308 e. The number of benzene rings is 1. The van der Waals surface area contributed by atoms with Crippen LogP contribution in [0.25, 0.3) is 0 Å². The Hall–Kier alpha value is -2.76. The van der Waals surface area contributed by atoms with Gasteiger partial charge in [0.05, 0.1) is 16.6 Å². The lowest BCUT2D eigenvalue weighted by atomic mass is 9.87. The van der Waals surface area contributed by atoms with Gasteiger partial charge in [0.25, 0.3) is 0 Å². The summed E-state index contributed by atoms with van der Waals surface area (Å²) in [4.78, 5) is 57.7. The van der Waals surface area contributed by atoms with Crippen molar-refractivity contribution in [1.29, 1.82) is 0 Å². The topological polar surface area (TPSA) is 79.7 Å². The highest BCUT2D eigenvalue weighted by Crippen LogP contribution is 2.54. The molecule has 3 aliphatic rings. The lowest BCUT2D eigenvalue weighted by Crippen LogP contribution is -2.39. The molecule has 0 radical (unpaired) electrons. The maximum atomic E-state index is 13.7. The van der Waals surface area contributed by atoms with Crippen LogP contribution in [0.3, 0.4) is 0 Å². The quantitative estimate of drug-likeness (QED) is 0.466. The molecule has 0 bridgehead atoms. The minimum atomic E-state index is -0.743. The molecular formula is C25H22FN3O4S3. The summed E-state index contributed by atoms with van der Waals surface area (Å²) in [5.41, 5.74) is 0.326. The molecule has 2 aromatic heterocycles. The largest absolute Gasteiger partial charge is 0.341 e. The Labute approximate surface area is 218 Å². The number of imide groups is 1. The van der Waals surface area contributed by atoms with Crippen LogP contribution in [0.5, 0.6) is 0 Å². The summed E-state index contributed by atoms with van der Waals surface area (Å²) in [7, 11) is 0. The predicted octanol–water partition coefficient (Wildman–Crippen LogP) is 3.92. The number of halogens is 1. The molecule has 36 heavy (non-hydrogen) atoms. The van der Waals surface area contributed by atoms with E-state index >= 15 is 0 Å². The fraction of sp³-hybridized carbons (Fsp3) is 0.360. The minimum absolute atomic E-state index is 0.0734. The van der Waals surface area contributed by atoms with Crippen LogP contribution >= 0.6 is 34.4 Å². The van der Waals surface area contributed by atoms with Gasteiger partial charge in [-0.15, -0.1) is 11.3 Å². The molecule has 1 aromatic carbocycles. The van der Waals surface area contributed by atoms with E-state index < -0.39 is 22.9 Å². The molecule has 3 aliphatic heterocycles. The van der Waals surface area contributed by atoms with Crippen LogP contribution in [0, 0.1) is 11.7 Å². The molecule has 0 spiro atoms. The van der Waals surface area contributed by atoms with Crippen molar-refractivity contribution < 1.29 is 18.8 Å². The van der Waals surface area contributed by atoms with Crippen molar-refractivity contribution in [2.24, 2.45) is 5.92 Å². The van der Waals surface area contributed by atoms with Crippen LogP contribution in [0.1, 0.15) is 34.9 Å². The van der Waals surface area contributed by atoms with Crippen LogP contribution in [0.4, 0.5) is 10.1 Å². The third kappa shape index (κ3) is 3.84. The van der Waals surface area contributed by atoms with Gasteiger partial charge in [-0.05, 0) is 55.0 Å². The van der Waals surface area contributed by atoms with Gasteiger partial charge in [0, 0.05) is 28.8 Å². The standard InChI is InChI=1S/C25H22FN3O4S3/c26-14-6-8-15(9-7-14)29-22(31)19-18(16-5-4-12-34-16)21-24(35-20(19)23(29)32)28(25(33)36-21)13-17(30)27-10-2-1-3-11-27/h4-9,12,18-20H,1-3,10-11,13H2. The molecule has 5 heterocycles. The molecule has 3 unspecified atom stereocenters. The highest BCUT2D eigenvalue weighted by atomic mass is 32.2. The highest BCUT2D eigenvalue weighted by Gasteiger charge is 2.57. The lowest BCUT2D eigenvalue weighted by Gasteiger charge is -2.30. The first-order chi connectivity index (χ1) is 17.4. The first-order valence-corrected chi connectivity index (χ1v) is 14.4. The maximum Gasteiger partial charge on any atom is 0.308 e. The average molecular weight is 544 g/mol. The number of piperidine rings is 1. The number of likely N-dealkylation sites (tertiary alicyclic amines) is 1. The molecule has 186 valence electrons. The van der Waals surface area contributed by atoms with Crippen molar-refractivity contribution in [2.45, 2.75) is 42.0 Å². The summed E-state index contributed by atoms with van der Waals surface area (Å²) < 4.78 is 15.0. The fourth-order valence-corrected chi connectivity index (χ4v) is 8.97. The van der Waals surface area contributed by atoms with Crippen molar-refractivity contribution in [3.8, 4) is 0 Å². The molecule has 0 aliphatic carbocycles. The van der Waals surface area contributed by atoms with E-state index in [1.807, 2.05) is 17.5 Å². The Balaban J connectivity index is 1.41. The van der Waals surface area contributed by atoms with Crippen molar-refractivity contribution >= 4 is 57.8 Å². The maximum absolute atomic E-state index is 13.7. The second-order valence-electron chi connectivity index (χ2n) is 9.11.